The lowest BCUT2D eigenvalue weighted by Crippen LogP contribution is -2.33. The Labute approximate surface area is 104 Å². The third-order valence-corrected chi connectivity index (χ3v) is 2.51. The molecule has 1 amide bonds. The molecule has 1 atom stereocenters. The summed E-state index contributed by atoms with van der Waals surface area (Å²) in [5, 5.41) is 11.3. The van der Waals surface area contributed by atoms with Crippen LogP contribution in [0.3, 0.4) is 0 Å². The summed E-state index contributed by atoms with van der Waals surface area (Å²) < 4.78 is 25.9. The summed E-state index contributed by atoms with van der Waals surface area (Å²) in [4.78, 5) is 11.8. The van der Waals surface area contributed by atoms with Crippen molar-refractivity contribution in [3.8, 4) is 0 Å². The minimum absolute atomic E-state index is 0.0352. The Hall–Kier alpha value is -1.69. The smallest absolute Gasteiger partial charge is 0.253 e. The highest BCUT2D eigenvalue weighted by molar-refractivity contribution is 5.99. The van der Waals surface area contributed by atoms with E-state index in [1.165, 1.54) is 0 Å². The first-order chi connectivity index (χ1) is 8.45. The van der Waals surface area contributed by atoms with Crippen LogP contribution in [0.15, 0.2) is 12.1 Å². The summed E-state index contributed by atoms with van der Waals surface area (Å²) in [6, 6.07) is 1.37. The molecule has 0 radical (unpaired) electrons. The SMILES string of the molecule is CC(CCCO)NC(=O)c1cc(F)c(F)cc1N. The Morgan fingerprint density at radius 2 is 2.06 bits per heavy atom. The molecule has 0 aliphatic rings. The highest BCUT2D eigenvalue weighted by Crippen LogP contribution is 2.17. The van der Waals surface area contributed by atoms with Gasteiger partial charge in [-0.05, 0) is 25.8 Å². The molecule has 4 N–H and O–H groups in total. The number of carbonyl (C=O) groups is 1. The van der Waals surface area contributed by atoms with Crippen molar-refractivity contribution in [2.45, 2.75) is 25.8 Å². The van der Waals surface area contributed by atoms with Gasteiger partial charge in [0.15, 0.2) is 11.6 Å². The average molecular weight is 258 g/mol. The maximum absolute atomic E-state index is 13.0. The zero-order valence-electron chi connectivity index (χ0n) is 10.0. The molecule has 0 aliphatic heterocycles. The molecular formula is C12H16F2N2O2. The van der Waals surface area contributed by atoms with E-state index in [4.69, 9.17) is 10.8 Å². The van der Waals surface area contributed by atoms with E-state index in [9.17, 15) is 13.6 Å². The fourth-order valence-corrected chi connectivity index (χ4v) is 1.53. The lowest BCUT2D eigenvalue weighted by atomic mass is 10.1. The Morgan fingerprint density at radius 1 is 1.44 bits per heavy atom. The van der Waals surface area contributed by atoms with Gasteiger partial charge in [-0.3, -0.25) is 4.79 Å². The number of nitrogens with one attached hydrogen (secondary N) is 1. The maximum atomic E-state index is 13.0. The van der Waals surface area contributed by atoms with Crippen LogP contribution in [-0.2, 0) is 0 Å². The van der Waals surface area contributed by atoms with Crippen molar-refractivity contribution in [3.63, 3.8) is 0 Å². The minimum Gasteiger partial charge on any atom is -0.398 e. The first-order valence-corrected chi connectivity index (χ1v) is 5.62. The molecule has 0 aliphatic carbocycles. The number of nitrogens with two attached hydrogens (primary N) is 1. The van der Waals surface area contributed by atoms with Crippen molar-refractivity contribution < 1.29 is 18.7 Å². The van der Waals surface area contributed by atoms with Crippen LogP contribution in [0.1, 0.15) is 30.1 Å². The summed E-state index contributed by atoms with van der Waals surface area (Å²) in [6.07, 6.45) is 1.14. The average Bonchev–Trinajstić information content (AvgIpc) is 2.31. The maximum Gasteiger partial charge on any atom is 0.253 e. The van der Waals surface area contributed by atoms with Crippen molar-refractivity contribution in [2.75, 3.05) is 12.3 Å². The van der Waals surface area contributed by atoms with Crippen LogP contribution in [-0.4, -0.2) is 23.7 Å². The first-order valence-electron chi connectivity index (χ1n) is 5.62. The van der Waals surface area contributed by atoms with E-state index in [0.717, 1.165) is 12.1 Å². The second kappa shape index (κ2) is 6.30. The Kier molecular flexibility index (Phi) is 5.03. The predicted molar refractivity (Wildman–Crippen MR) is 64.0 cm³/mol. The molecule has 0 saturated carbocycles. The van der Waals surface area contributed by atoms with Gasteiger partial charge in [0.2, 0.25) is 0 Å². The zero-order chi connectivity index (χ0) is 13.7. The molecule has 0 spiro atoms. The molecule has 0 saturated heterocycles. The number of anilines is 1. The second-order valence-electron chi connectivity index (χ2n) is 4.09. The molecule has 0 heterocycles. The molecule has 1 aromatic carbocycles. The third kappa shape index (κ3) is 3.66. The fraction of sp³-hybridized carbons (Fsp3) is 0.417. The lowest BCUT2D eigenvalue weighted by molar-refractivity contribution is 0.0937. The summed E-state index contributed by atoms with van der Waals surface area (Å²) in [7, 11) is 0. The van der Waals surface area contributed by atoms with Crippen molar-refractivity contribution in [2.24, 2.45) is 0 Å². The molecule has 1 unspecified atom stereocenters. The number of carbonyl (C=O) groups excluding carboxylic acids is 1. The quantitative estimate of drug-likeness (QED) is 0.699. The molecule has 6 heteroatoms. The van der Waals surface area contributed by atoms with Crippen LogP contribution < -0.4 is 11.1 Å². The van der Waals surface area contributed by atoms with E-state index in [0.29, 0.717) is 12.8 Å². The topological polar surface area (TPSA) is 75.3 Å². The molecule has 4 nitrogen and oxygen atoms in total. The molecule has 100 valence electrons. The predicted octanol–water partition coefficient (Wildman–Crippen LogP) is 1.44. The molecule has 1 rings (SSSR count). The van der Waals surface area contributed by atoms with Crippen LogP contribution >= 0.6 is 0 Å². The number of aliphatic hydroxyl groups excluding tert-OH is 1. The highest BCUT2D eigenvalue weighted by Gasteiger charge is 2.15. The van der Waals surface area contributed by atoms with Gasteiger partial charge in [-0.25, -0.2) is 8.78 Å². The van der Waals surface area contributed by atoms with E-state index < -0.39 is 17.5 Å². The van der Waals surface area contributed by atoms with Gasteiger partial charge >= 0.3 is 0 Å². The van der Waals surface area contributed by atoms with Crippen LogP contribution in [0.5, 0.6) is 0 Å². The number of aliphatic hydroxyl groups is 1. The van der Waals surface area contributed by atoms with Crippen LogP contribution in [0, 0.1) is 11.6 Å². The van der Waals surface area contributed by atoms with Gasteiger partial charge in [0, 0.05) is 24.4 Å². The second-order valence-corrected chi connectivity index (χ2v) is 4.09. The summed E-state index contributed by atoms with van der Waals surface area (Å²) in [5.41, 5.74) is 5.26. The van der Waals surface area contributed by atoms with Gasteiger partial charge in [0.05, 0.1) is 5.56 Å². The molecule has 0 fully saturated rings. The minimum atomic E-state index is -1.11. The molecule has 0 bridgehead atoms. The van der Waals surface area contributed by atoms with Gasteiger partial charge in [-0.1, -0.05) is 0 Å². The van der Waals surface area contributed by atoms with Gasteiger partial charge in [-0.15, -0.1) is 0 Å². The van der Waals surface area contributed by atoms with Gasteiger partial charge < -0.3 is 16.2 Å². The van der Waals surface area contributed by atoms with Crippen molar-refractivity contribution in [1.29, 1.82) is 0 Å². The molecule has 18 heavy (non-hydrogen) atoms. The Bertz CT molecular complexity index is 438. The number of hydrogen-bond donors (Lipinski definition) is 3. The lowest BCUT2D eigenvalue weighted by Gasteiger charge is -2.14. The van der Waals surface area contributed by atoms with E-state index in [1.807, 2.05) is 0 Å². The number of hydrogen-bond acceptors (Lipinski definition) is 3. The number of rotatable bonds is 5. The largest absolute Gasteiger partial charge is 0.398 e. The zero-order valence-corrected chi connectivity index (χ0v) is 10.0. The van der Waals surface area contributed by atoms with Crippen molar-refractivity contribution in [3.05, 3.63) is 29.3 Å². The first kappa shape index (κ1) is 14.4. The standard InChI is InChI=1S/C12H16F2N2O2/c1-7(3-2-4-17)16-12(18)8-5-9(13)10(14)6-11(8)15/h5-7,17H,2-4,15H2,1H3,(H,16,18). The van der Waals surface area contributed by atoms with E-state index in [1.54, 1.807) is 6.92 Å². The summed E-state index contributed by atoms with van der Waals surface area (Å²) in [5.74, 6) is -2.76. The monoisotopic (exact) mass is 258 g/mol. The molecular weight excluding hydrogens is 242 g/mol. The Balaban J connectivity index is 2.75. The van der Waals surface area contributed by atoms with E-state index in [2.05, 4.69) is 5.32 Å². The van der Waals surface area contributed by atoms with Crippen LogP contribution in [0.25, 0.3) is 0 Å². The van der Waals surface area contributed by atoms with Crippen molar-refractivity contribution in [1.82, 2.24) is 5.32 Å². The van der Waals surface area contributed by atoms with Crippen LogP contribution in [0.2, 0.25) is 0 Å². The van der Waals surface area contributed by atoms with Gasteiger partial charge in [0.1, 0.15) is 0 Å². The van der Waals surface area contributed by atoms with Gasteiger partial charge in [-0.2, -0.15) is 0 Å². The summed E-state index contributed by atoms with van der Waals surface area (Å²) >= 11 is 0. The molecule has 1 aromatic rings. The highest BCUT2D eigenvalue weighted by atomic mass is 19.2. The summed E-state index contributed by atoms with van der Waals surface area (Å²) in [6.45, 7) is 1.79. The number of amides is 1. The van der Waals surface area contributed by atoms with Crippen molar-refractivity contribution >= 4 is 11.6 Å². The van der Waals surface area contributed by atoms with E-state index >= 15 is 0 Å². The number of halogens is 2. The van der Waals surface area contributed by atoms with Crippen LogP contribution in [0.4, 0.5) is 14.5 Å². The van der Waals surface area contributed by atoms with E-state index in [-0.39, 0.29) is 23.9 Å². The third-order valence-electron chi connectivity index (χ3n) is 2.51. The number of nitrogen functional groups attached to an aromatic ring is 1. The molecule has 0 aromatic heterocycles. The fourth-order valence-electron chi connectivity index (χ4n) is 1.53. The van der Waals surface area contributed by atoms with Gasteiger partial charge in [0.25, 0.3) is 5.91 Å². The number of benzene rings is 1. The normalized spacial score (nSPS) is 12.2. The Morgan fingerprint density at radius 3 is 2.67 bits per heavy atom.